The Labute approximate surface area is 130 Å². The predicted molar refractivity (Wildman–Crippen MR) is 86.3 cm³/mol. The van der Waals surface area contributed by atoms with Crippen LogP contribution in [0.25, 0.3) is 0 Å². The number of benzene rings is 2. The molecule has 0 atom stereocenters. The summed E-state index contributed by atoms with van der Waals surface area (Å²) in [5, 5.41) is 5.29. The van der Waals surface area contributed by atoms with Gasteiger partial charge in [-0.25, -0.2) is 0 Å². The van der Waals surface area contributed by atoms with E-state index < -0.39 is 0 Å². The predicted octanol–water partition coefficient (Wildman–Crippen LogP) is 2.64. The molecule has 0 aliphatic rings. The average molecular weight is 348 g/mol. The Kier molecular flexibility index (Phi) is 4.59. The Hall–Kier alpha value is -2.34. The van der Waals surface area contributed by atoms with Crippen molar-refractivity contribution in [1.82, 2.24) is 5.32 Å². The fourth-order valence-corrected chi connectivity index (χ4v) is 2.22. The molecule has 0 spiro atoms. The van der Waals surface area contributed by atoms with Crippen molar-refractivity contribution in [2.24, 2.45) is 0 Å². The molecule has 0 heterocycles. The van der Waals surface area contributed by atoms with E-state index in [4.69, 9.17) is 5.73 Å². The van der Waals surface area contributed by atoms with Gasteiger partial charge in [-0.2, -0.15) is 0 Å². The quantitative estimate of drug-likeness (QED) is 0.746. The van der Waals surface area contributed by atoms with Crippen LogP contribution >= 0.6 is 15.9 Å². The number of hydrogen-bond acceptors (Lipinski definition) is 3. The van der Waals surface area contributed by atoms with Crippen molar-refractivity contribution in [3.05, 3.63) is 58.1 Å². The lowest BCUT2D eigenvalue weighted by atomic mass is 10.1. The van der Waals surface area contributed by atoms with E-state index in [0.29, 0.717) is 27.0 Å². The fourth-order valence-electron chi connectivity index (χ4n) is 1.77. The number of anilines is 2. The number of amides is 2. The van der Waals surface area contributed by atoms with Crippen LogP contribution < -0.4 is 16.4 Å². The summed E-state index contributed by atoms with van der Waals surface area (Å²) in [7, 11) is 1.56. The van der Waals surface area contributed by atoms with E-state index >= 15 is 0 Å². The van der Waals surface area contributed by atoms with Crippen LogP contribution in [0.15, 0.2) is 46.9 Å². The Morgan fingerprint density at radius 1 is 1.05 bits per heavy atom. The van der Waals surface area contributed by atoms with Crippen LogP contribution in [0, 0.1) is 0 Å². The van der Waals surface area contributed by atoms with Crippen LogP contribution in [-0.4, -0.2) is 18.9 Å². The summed E-state index contributed by atoms with van der Waals surface area (Å²) in [6.07, 6.45) is 0. The molecule has 0 aromatic heterocycles. The van der Waals surface area contributed by atoms with Gasteiger partial charge in [0.05, 0.1) is 10.0 Å². The van der Waals surface area contributed by atoms with E-state index in [-0.39, 0.29) is 11.8 Å². The van der Waals surface area contributed by atoms with Crippen LogP contribution in [0.2, 0.25) is 0 Å². The molecular weight excluding hydrogens is 334 g/mol. The molecule has 5 nitrogen and oxygen atoms in total. The van der Waals surface area contributed by atoms with Gasteiger partial charge in [-0.1, -0.05) is 6.07 Å². The van der Waals surface area contributed by atoms with Crippen molar-refractivity contribution in [1.29, 1.82) is 0 Å². The van der Waals surface area contributed by atoms with Crippen LogP contribution in [0.3, 0.4) is 0 Å². The standard InChI is InChI=1S/C15H14BrN3O2/c1-18-14(20)9-5-7-10(8-6-9)19-15(21)11-3-2-4-12(17)13(11)16/h2-8H,17H2,1H3,(H,18,20)(H,19,21). The first-order chi connectivity index (χ1) is 10.0. The molecule has 4 N–H and O–H groups in total. The maximum Gasteiger partial charge on any atom is 0.256 e. The SMILES string of the molecule is CNC(=O)c1ccc(NC(=O)c2cccc(N)c2Br)cc1. The van der Waals surface area contributed by atoms with Crippen molar-refractivity contribution >= 4 is 39.1 Å². The van der Waals surface area contributed by atoms with E-state index in [1.807, 2.05) is 0 Å². The van der Waals surface area contributed by atoms with Gasteiger partial charge in [0.25, 0.3) is 11.8 Å². The number of nitrogens with one attached hydrogen (secondary N) is 2. The normalized spacial score (nSPS) is 10.0. The van der Waals surface area contributed by atoms with Crippen LogP contribution in [0.1, 0.15) is 20.7 Å². The average Bonchev–Trinajstić information content (AvgIpc) is 2.50. The molecule has 0 radical (unpaired) electrons. The summed E-state index contributed by atoms with van der Waals surface area (Å²) in [5.74, 6) is -0.451. The maximum atomic E-state index is 12.2. The summed E-state index contributed by atoms with van der Waals surface area (Å²) in [6.45, 7) is 0. The molecule has 2 aromatic rings. The van der Waals surface area contributed by atoms with E-state index in [1.54, 1.807) is 49.5 Å². The second-order valence-electron chi connectivity index (χ2n) is 4.32. The monoisotopic (exact) mass is 347 g/mol. The number of hydrogen-bond donors (Lipinski definition) is 3. The molecule has 0 saturated heterocycles. The number of nitrogens with two attached hydrogens (primary N) is 1. The lowest BCUT2D eigenvalue weighted by Gasteiger charge is -2.09. The van der Waals surface area contributed by atoms with Gasteiger partial charge in [0, 0.05) is 24.0 Å². The van der Waals surface area contributed by atoms with Gasteiger partial charge in [0.1, 0.15) is 0 Å². The summed E-state index contributed by atoms with van der Waals surface area (Å²) < 4.78 is 0.560. The highest BCUT2D eigenvalue weighted by Crippen LogP contribution is 2.24. The molecule has 6 heteroatoms. The molecule has 0 aliphatic heterocycles. The summed E-state index contributed by atoms with van der Waals surface area (Å²) in [6, 6.07) is 11.7. The molecule has 21 heavy (non-hydrogen) atoms. The maximum absolute atomic E-state index is 12.2. The minimum atomic E-state index is -0.276. The van der Waals surface area contributed by atoms with Gasteiger partial charge in [-0.05, 0) is 52.3 Å². The van der Waals surface area contributed by atoms with Gasteiger partial charge in [0.15, 0.2) is 0 Å². The smallest absolute Gasteiger partial charge is 0.256 e. The molecule has 0 fully saturated rings. The first-order valence-electron chi connectivity index (χ1n) is 6.20. The summed E-state index contributed by atoms with van der Waals surface area (Å²) in [5.41, 5.74) is 7.82. The molecule has 2 rings (SSSR count). The third kappa shape index (κ3) is 3.41. The third-order valence-electron chi connectivity index (χ3n) is 2.91. The van der Waals surface area contributed by atoms with Gasteiger partial charge in [-0.3, -0.25) is 9.59 Å². The lowest BCUT2D eigenvalue weighted by Crippen LogP contribution is -2.18. The number of rotatable bonds is 3. The first kappa shape index (κ1) is 15.1. The zero-order valence-electron chi connectivity index (χ0n) is 11.3. The second kappa shape index (κ2) is 6.41. The zero-order valence-corrected chi connectivity index (χ0v) is 12.9. The lowest BCUT2D eigenvalue weighted by molar-refractivity contribution is 0.0962. The van der Waals surface area contributed by atoms with Crippen molar-refractivity contribution in [3.8, 4) is 0 Å². The van der Waals surface area contributed by atoms with Crippen LogP contribution in [0.5, 0.6) is 0 Å². The summed E-state index contributed by atoms with van der Waals surface area (Å²) >= 11 is 3.30. The molecule has 0 bridgehead atoms. The van der Waals surface area contributed by atoms with Gasteiger partial charge < -0.3 is 16.4 Å². The second-order valence-corrected chi connectivity index (χ2v) is 5.11. The van der Waals surface area contributed by atoms with E-state index in [0.717, 1.165) is 0 Å². The van der Waals surface area contributed by atoms with Gasteiger partial charge in [-0.15, -0.1) is 0 Å². The summed E-state index contributed by atoms with van der Waals surface area (Å²) in [4.78, 5) is 23.6. The van der Waals surface area contributed by atoms with Crippen molar-refractivity contribution in [2.45, 2.75) is 0 Å². The molecule has 0 unspecified atom stereocenters. The highest BCUT2D eigenvalue weighted by molar-refractivity contribution is 9.10. The third-order valence-corrected chi connectivity index (χ3v) is 3.79. The molecule has 2 amide bonds. The van der Waals surface area contributed by atoms with E-state index in [9.17, 15) is 9.59 Å². The minimum Gasteiger partial charge on any atom is -0.398 e. The molecule has 108 valence electrons. The minimum absolute atomic E-state index is 0.175. The number of carbonyl (C=O) groups excluding carboxylic acids is 2. The Bertz CT molecular complexity index is 684. The van der Waals surface area contributed by atoms with E-state index in [2.05, 4.69) is 26.6 Å². The van der Waals surface area contributed by atoms with Gasteiger partial charge in [0.2, 0.25) is 0 Å². The molecular formula is C15H14BrN3O2. The largest absolute Gasteiger partial charge is 0.398 e. The van der Waals surface area contributed by atoms with E-state index in [1.165, 1.54) is 0 Å². The van der Waals surface area contributed by atoms with Crippen LogP contribution in [0.4, 0.5) is 11.4 Å². The van der Waals surface area contributed by atoms with Crippen molar-refractivity contribution < 1.29 is 9.59 Å². The number of carbonyl (C=O) groups is 2. The van der Waals surface area contributed by atoms with Crippen molar-refractivity contribution in [2.75, 3.05) is 18.1 Å². The Morgan fingerprint density at radius 3 is 2.33 bits per heavy atom. The molecule has 0 saturated carbocycles. The number of nitrogen functional groups attached to an aromatic ring is 1. The van der Waals surface area contributed by atoms with Gasteiger partial charge >= 0.3 is 0 Å². The highest BCUT2D eigenvalue weighted by Gasteiger charge is 2.12. The zero-order chi connectivity index (χ0) is 15.4. The first-order valence-corrected chi connectivity index (χ1v) is 6.99. The number of halogens is 1. The Morgan fingerprint density at radius 2 is 1.71 bits per heavy atom. The molecule has 0 aliphatic carbocycles. The highest BCUT2D eigenvalue weighted by atomic mass is 79.9. The molecule has 2 aromatic carbocycles. The fraction of sp³-hybridized carbons (Fsp3) is 0.0667. The van der Waals surface area contributed by atoms with Crippen molar-refractivity contribution in [3.63, 3.8) is 0 Å². The van der Waals surface area contributed by atoms with Crippen LogP contribution in [-0.2, 0) is 0 Å². The topological polar surface area (TPSA) is 84.2 Å². The Balaban J connectivity index is 2.16.